The molecule has 0 N–H and O–H groups in total. The molecular formula is C17H19LiOP. The summed E-state index contributed by atoms with van der Waals surface area (Å²) < 4.78 is 0. The van der Waals surface area contributed by atoms with E-state index in [0.29, 0.717) is 0 Å². The van der Waals surface area contributed by atoms with Crippen LogP contribution in [0.4, 0.5) is 0 Å². The summed E-state index contributed by atoms with van der Waals surface area (Å²) in [5.41, 5.74) is 5.71. The summed E-state index contributed by atoms with van der Waals surface area (Å²) in [6.07, 6.45) is 0. The molecule has 99 valence electrons. The molecule has 0 fully saturated rings. The maximum atomic E-state index is 12.5. The number of carbonyl (C=O) groups excluding carboxylic acids is 1. The van der Waals surface area contributed by atoms with Gasteiger partial charge < -0.3 is 0 Å². The molecule has 1 nitrogen and oxygen atoms in total. The molecule has 0 saturated heterocycles. The van der Waals surface area contributed by atoms with Crippen LogP contribution >= 0.6 is 8.58 Å². The van der Waals surface area contributed by atoms with Crippen LogP contribution in [-0.2, 0) is 0 Å². The molecule has 0 heterocycles. The zero-order chi connectivity index (χ0) is 14.0. The fourth-order valence-corrected chi connectivity index (χ4v) is 3.66. The molecule has 20 heavy (non-hydrogen) atoms. The monoisotopic (exact) mass is 277 g/mol. The van der Waals surface area contributed by atoms with Crippen LogP contribution in [0.2, 0.25) is 0 Å². The van der Waals surface area contributed by atoms with E-state index in [9.17, 15) is 4.79 Å². The van der Waals surface area contributed by atoms with E-state index in [1.54, 1.807) is 0 Å². The van der Waals surface area contributed by atoms with Crippen molar-refractivity contribution in [1.82, 2.24) is 0 Å². The summed E-state index contributed by atoms with van der Waals surface area (Å²) in [5, 5.41) is 1.15. The minimum atomic E-state index is 0. The standard InChI is InChI=1S/C17H19OP.Li/c1-11-9-13(3)16(14(4)10-11)17(18)19-15-8-6-5-7-12(15)2;/h5-10,19H,1-4H3;. The second kappa shape index (κ2) is 7.23. The van der Waals surface area contributed by atoms with Gasteiger partial charge in [0, 0.05) is 24.4 Å². The summed E-state index contributed by atoms with van der Waals surface area (Å²) in [7, 11) is 0.205. The van der Waals surface area contributed by atoms with Gasteiger partial charge in [-0.25, -0.2) is 0 Å². The first-order chi connectivity index (χ1) is 8.99. The smallest absolute Gasteiger partial charge is 0.186 e. The quantitative estimate of drug-likeness (QED) is 0.618. The average Bonchev–Trinajstić information content (AvgIpc) is 2.30. The molecule has 0 aromatic heterocycles. The third kappa shape index (κ3) is 3.83. The van der Waals surface area contributed by atoms with Crippen LogP contribution in [0.3, 0.4) is 0 Å². The Kier molecular flexibility index (Phi) is 6.22. The molecule has 2 aromatic rings. The Hall–Kier alpha value is -0.863. The van der Waals surface area contributed by atoms with Crippen molar-refractivity contribution in [2.45, 2.75) is 27.7 Å². The Morgan fingerprint density at radius 3 is 2.00 bits per heavy atom. The van der Waals surface area contributed by atoms with Gasteiger partial charge >= 0.3 is 0 Å². The van der Waals surface area contributed by atoms with Gasteiger partial charge in [0.1, 0.15) is 0 Å². The molecule has 0 spiro atoms. The summed E-state index contributed by atoms with van der Waals surface area (Å²) in [4.78, 5) is 12.5. The van der Waals surface area contributed by atoms with Crippen molar-refractivity contribution < 1.29 is 4.79 Å². The maximum Gasteiger partial charge on any atom is 0.186 e. The zero-order valence-corrected chi connectivity index (χ0v) is 13.9. The molecule has 1 radical (unpaired) electrons. The van der Waals surface area contributed by atoms with Crippen molar-refractivity contribution in [1.29, 1.82) is 0 Å². The van der Waals surface area contributed by atoms with E-state index in [-0.39, 0.29) is 33.0 Å². The van der Waals surface area contributed by atoms with Crippen molar-refractivity contribution in [3.63, 3.8) is 0 Å². The number of aryl methyl sites for hydroxylation is 4. The van der Waals surface area contributed by atoms with E-state index in [1.807, 2.05) is 32.0 Å². The average molecular weight is 277 g/mol. The number of carbonyl (C=O) groups is 1. The molecule has 1 unspecified atom stereocenters. The predicted molar refractivity (Wildman–Crippen MR) is 89.9 cm³/mol. The zero-order valence-electron chi connectivity index (χ0n) is 12.9. The molecule has 2 aromatic carbocycles. The summed E-state index contributed by atoms with van der Waals surface area (Å²) in [6.45, 7) is 8.17. The first-order valence-electron chi connectivity index (χ1n) is 6.44. The maximum absolute atomic E-state index is 12.5. The van der Waals surface area contributed by atoms with E-state index >= 15 is 0 Å². The minimum absolute atomic E-state index is 0. The molecule has 2 rings (SSSR count). The van der Waals surface area contributed by atoms with Crippen molar-refractivity contribution in [3.05, 3.63) is 64.2 Å². The van der Waals surface area contributed by atoms with Gasteiger partial charge in [0.05, 0.1) is 0 Å². The topological polar surface area (TPSA) is 17.1 Å². The first-order valence-corrected chi connectivity index (χ1v) is 7.44. The summed E-state index contributed by atoms with van der Waals surface area (Å²) in [5.74, 6) is 0. The van der Waals surface area contributed by atoms with Gasteiger partial charge in [-0.05, 0) is 58.3 Å². The number of rotatable bonds is 3. The second-order valence-corrected chi connectivity index (χ2v) is 6.29. The summed E-state index contributed by atoms with van der Waals surface area (Å²) >= 11 is 0. The van der Waals surface area contributed by atoms with E-state index in [2.05, 4.69) is 32.0 Å². The Balaban J connectivity index is 0.00000200. The van der Waals surface area contributed by atoms with Crippen LogP contribution in [0, 0.1) is 27.7 Å². The van der Waals surface area contributed by atoms with Crippen molar-refractivity contribution in [3.8, 4) is 0 Å². The van der Waals surface area contributed by atoms with E-state index in [4.69, 9.17) is 0 Å². The van der Waals surface area contributed by atoms with Crippen LogP contribution in [0.25, 0.3) is 0 Å². The molecule has 0 aliphatic heterocycles. The normalized spacial score (nSPS) is 10.6. The van der Waals surface area contributed by atoms with Crippen LogP contribution in [0.5, 0.6) is 0 Å². The minimum Gasteiger partial charge on any atom is -0.289 e. The molecule has 0 amide bonds. The van der Waals surface area contributed by atoms with Gasteiger partial charge in [-0.2, -0.15) is 0 Å². The molecule has 1 atom stereocenters. The van der Waals surface area contributed by atoms with Gasteiger partial charge in [-0.15, -0.1) is 0 Å². The molecule has 0 aliphatic carbocycles. The van der Waals surface area contributed by atoms with Crippen LogP contribution < -0.4 is 5.30 Å². The fourth-order valence-electron chi connectivity index (χ4n) is 2.44. The molecule has 0 aliphatic rings. The van der Waals surface area contributed by atoms with Gasteiger partial charge in [-0.1, -0.05) is 42.0 Å². The second-order valence-electron chi connectivity index (χ2n) is 5.04. The van der Waals surface area contributed by atoms with Gasteiger partial charge in [-0.3, -0.25) is 4.79 Å². The Morgan fingerprint density at radius 1 is 0.900 bits per heavy atom. The van der Waals surface area contributed by atoms with Gasteiger partial charge in [0.2, 0.25) is 0 Å². The van der Waals surface area contributed by atoms with E-state index in [0.717, 1.165) is 22.0 Å². The third-order valence-corrected chi connectivity index (χ3v) is 4.60. The largest absolute Gasteiger partial charge is 0.289 e. The number of hydrogen-bond donors (Lipinski definition) is 0. The number of benzene rings is 2. The SMILES string of the molecule is Cc1cc(C)c(C(=O)Pc2ccccc2C)c(C)c1.[Li]. The van der Waals surface area contributed by atoms with Gasteiger partial charge in [0.25, 0.3) is 0 Å². The number of hydrogen-bond acceptors (Lipinski definition) is 1. The Morgan fingerprint density at radius 2 is 1.45 bits per heavy atom. The molecule has 0 bridgehead atoms. The van der Waals surface area contributed by atoms with E-state index in [1.165, 1.54) is 11.1 Å². The molecule has 0 saturated carbocycles. The van der Waals surface area contributed by atoms with Crippen molar-refractivity contribution in [2.24, 2.45) is 0 Å². The van der Waals surface area contributed by atoms with E-state index < -0.39 is 0 Å². The Labute approximate surface area is 135 Å². The van der Waals surface area contributed by atoms with Gasteiger partial charge in [0.15, 0.2) is 5.52 Å². The predicted octanol–water partition coefficient (Wildman–Crippen LogP) is 3.68. The summed E-state index contributed by atoms with van der Waals surface area (Å²) in [6, 6.07) is 12.3. The fraction of sp³-hybridized carbons (Fsp3) is 0.235. The van der Waals surface area contributed by atoms with Crippen LogP contribution in [0.1, 0.15) is 32.6 Å². The molecular weight excluding hydrogens is 258 g/mol. The van der Waals surface area contributed by atoms with Crippen LogP contribution in [0.15, 0.2) is 36.4 Å². The Bertz CT molecular complexity index is 612. The molecule has 3 heteroatoms. The van der Waals surface area contributed by atoms with Crippen molar-refractivity contribution >= 4 is 38.3 Å². The first kappa shape index (κ1) is 17.2. The third-order valence-electron chi connectivity index (χ3n) is 3.30. The van der Waals surface area contributed by atoms with Crippen LogP contribution in [-0.4, -0.2) is 24.4 Å². The van der Waals surface area contributed by atoms with Crippen molar-refractivity contribution in [2.75, 3.05) is 0 Å².